The number of rotatable bonds is 18. The van der Waals surface area contributed by atoms with Crippen LogP contribution < -0.4 is 39.6 Å². The van der Waals surface area contributed by atoms with E-state index >= 15 is 0 Å². The number of fused-ring (bicyclic) bond motifs is 2. The van der Waals surface area contributed by atoms with Crippen molar-refractivity contribution < 1.29 is 53.7 Å². The Labute approximate surface area is 415 Å². The summed E-state index contributed by atoms with van der Waals surface area (Å²) in [6, 6.07) is 17.4. The largest absolute Gasteiger partial charge is 0.502 e. The van der Waals surface area contributed by atoms with E-state index in [4.69, 9.17) is 23.7 Å². The highest BCUT2D eigenvalue weighted by atomic mass is 16.5. The third-order valence-corrected chi connectivity index (χ3v) is 16.6. The molecule has 2 saturated carbocycles. The zero-order chi connectivity index (χ0) is 49.4. The van der Waals surface area contributed by atoms with Crippen LogP contribution in [0.15, 0.2) is 66.7 Å². The van der Waals surface area contributed by atoms with Crippen molar-refractivity contribution in [3.63, 3.8) is 0 Å². The minimum atomic E-state index is -1.07. The molecule has 6 aliphatic rings. The van der Waals surface area contributed by atoms with Gasteiger partial charge in [0.25, 0.3) is 11.8 Å². The first kappa shape index (κ1) is 48.8. The number of imide groups is 1. The Kier molecular flexibility index (Phi) is 14.0. The van der Waals surface area contributed by atoms with Crippen LogP contribution in [-0.4, -0.2) is 103 Å². The first-order valence-corrected chi connectivity index (χ1v) is 25.6. The van der Waals surface area contributed by atoms with Gasteiger partial charge in [-0.3, -0.25) is 19.8 Å². The quantitative estimate of drug-likeness (QED) is 0.0303. The molecule has 3 aliphatic carbocycles. The number of aromatic hydroxyl groups is 1. The average molecular weight is 973 g/mol. The second kappa shape index (κ2) is 20.3. The lowest BCUT2D eigenvalue weighted by Crippen LogP contribution is -2.60. The van der Waals surface area contributed by atoms with Crippen LogP contribution in [0, 0.1) is 11.8 Å². The van der Waals surface area contributed by atoms with Gasteiger partial charge in [0.1, 0.15) is 30.6 Å². The summed E-state index contributed by atoms with van der Waals surface area (Å²) in [7, 11) is 3.35. The lowest BCUT2D eigenvalue weighted by atomic mass is 9.55. The molecule has 4 aromatic rings. The predicted molar refractivity (Wildman–Crippen MR) is 267 cm³/mol. The lowest BCUT2D eigenvalue weighted by molar-refractivity contribution is -0.151. The Morgan fingerprint density at radius 2 is 1.63 bits per heavy atom. The molecule has 71 heavy (non-hydrogen) atoms. The molecule has 3 heterocycles. The van der Waals surface area contributed by atoms with Crippen LogP contribution in [0.2, 0.25) is 0 Å². The topological polar surface area (TPSA) is 201 Å². The highest BCUT2D eigenvalue weighted by Crippen LogP contribution is 2.59. The highest BCUT2D eigenvalue weighted by molar-refractivity contribution is 6.13. The average Bonchev–Trinajstić information content (AvgIpc) is 3.74. The maximum absolute atomic E-state index is 13.4. The molecular formula is C56H68N4O11. The van der Waals surface area contributed by atoms with Gasteiger partial charge in [-0.05, 0) is 93.3 Å². The summed E-state index contributed by atoms with van der Waals surface area (Å²) in [5, 5.41) is 57.1. The predicted octanol–water partition coefficient (Wildman–Crippen LogP) is 7.08. The first-order chi connectivity index (χ1) is 34.6. The molecule has 15 nitrogen and oxygen atoms in total. The van der Waals surface area contributed by atoms with Gasteiger partial charge in [-0.2, -0.15) is 0 Å². The van der Waals surface area contributed by atoms with E-state index in [0.29, 0.717) is 78.6 Å². The number of hydrogen-bond acceptors (Lipinski definition) is 14. The van der Waals surface area contributed by atoms with Crippen LogP contribution in [0.5, 0.6) is 34.5 Å². The molecule has 378 valence electrons. The molecule has 15 heteroatoms. The fourth-order valence-electron chi connectivity index (χ4n) is 13.2. The Hall–Kier alpha value is -5.84. The van der Waals surface area contributed by atoms with Gasteiger partial charge in [0.05, 0.1) is 37.5 Å². The van der Waals surface area contributed by atoms with Crippen molar-refractivity contribution in [2.45, 2.75) is 107 Å². The van der Waals surface area contributed by atoms with Crippen molar-refractivity contribution in [3.8, 4) is 45.6 Å². The number of ether oxygens (including phenoxy) is 5. The van der Waals surface area contributed by atoms with Crippen LogP contribution in [0.1, 0.15) is 116 Å². The number of aliphatic hydroxyl groups excluding tert-OH is 3. The van der Waals surface area contributed by atoms with Crippen molar-refractivity contribution >= 4 is 17.5 Å². The van der Waals surface area contributed by atoms with Crippen LogP contribution in [0.3, 0.4) is 0 Å². The number of aliphatic hydroxyl groups is 3. The molecule has 2 amide bonds. The van der Waals surface area contributed by atoms with E-state index in [1.54, 1.807) is 17.0 Å². The summed E-state index contributed by atoms with van der Waals surface area (Å²) in [4.78, 5) is 28.4. The summed E-state index contributed by atoms with van der Waals surface area (Å²) in [5.41, 5.74) is 6.02. The van der Waals surface area contributed by atoms with Gasteiger partial charge in [-0.1, -0.05) is 62.9 Å². The van der Waals surface area contributed by atoms with E-state index < -0.39 is 35.1 Å². The van der Waals surface area contributed by atoms with Crippen LogP contribution in [0.25, 0.3) is 11.1 Å². The van der Waals surface area contributed by atoms with Crippen molar-refractivity contribution in [1.82, 2.24) is 15.5 Å². The third-order valence-electron chi connectivity index (χ3n) is 16.6. The van der Waals surface area contributed by atoms with Gasteiger partial charge in [-0.25, -0.2) is 0 Å². The number of hydrogen-bond donors (Lipinski definition) is 7. The summed E-state index contributed by atoms with van der Waals surface area (Å²) >= 11 is 0. The summed E-state index contributed by atoms with van der Waals surface area (Å²) in [5.74, 6) is 0.289. The van der Waals surface area contributed by atoms with E-state index in [-0.39, 0.29) is 61.5 Å². The van der Waals surface area contributed by atoms with E-state index in [0.717, 1.165) is 79.2 Å². The SMILES string of the molecule is CCNCOc1cc(OCCNC)c2c3c1C(O)Nc1cc4c(c(c1-3)CC2)C(O)C(c1cc(OC)c(O)c(OCC(CO)C2(c3ccccc3)CCCC(C3(N5C(=O)C=CC5=O)CCCCC3)C2)c1)CO4. The second-order valence-corrected chi connectivity index (χ2v) is 20.2. The molecule has 3 aliphatic heterocycles. The first-order valence-electron chi connectivity index (χ1n) is 25.6. The van der Waals surface area contributed by atoms with Gasteiger partial charge >= 0.3 is 0 Å². The number of likely N-dealkylation sites (N-methyl/N-ethyl adjacent to an activating group) is 1. The number of methoxy groups -OCH3 is 1. The molecule has 0 saturated heterocycles. The number of amides is 2. The number of anilines is 1. The second-order valence-electron chi connectivity index (χ2n) is 20.2. The Morgan fingerprint density at radius 1 is 0.873 bits per heavy atom. The number of benzene rings is 4. The number of phenolic OH excluding ortho intramolecular Hbond substituents is 1. The van der Waals surface area contributed by atoms with E-state index in [1.807, 2.05) is 44.3 Å². The molecule has 10 rings (SSSR count). The van der Waals surface area contributed by atoms with Crippen molar-refractivity contribution in [2.24, 2.45) is 11.8 Å². The minimum absolute atomic E-state index is 0.0000560. The van der Waals surface area contributed by atoms with Crippen LogP contribution in [0.4, 0.5) is 5.69 Å². The normalized spacial score (nSPS) is 24.3. The van der Waals surface area contributed by atoms with Crippen molar-refractivity contribution in [3.05, 3.63) is 100 Å². The fraction of sp³-hybridized carbons (Fsp3) is 0.500. The zero-order valence-corrected chi connectivity index (χ0v) is 41.1. The molecule has 0 radical (unpaired) electrons. The standard InChI is InChI=1S/C56H68N4O11/c1-4-58-32-71-43-27-41(68-23-22-57-2)37-15-16-38-48-40(59-54(66)51(43)50(37)48)26-42-49(38)52(64)39(31-70-42)33-24-44(67-3)53(65)45(25-33)69-30-36(29-61)55(34-12-7-5-8-13-34)19-11-14-35(28-55)56(20-9-6-10-21-56)60-46(62)17-18-47(60)63/h5,7-8,12-13,17-18,24-27,35-36,39,52,54,57-59,61,64-66H,4,6,9-11,14-16,19-23,28-32H2,1-3H3. The molecule has 0 aromatic heterocycles. The number of carbonyl (C=O) groups is 2. The summed E-state index contributed by atoms with van der Waals surface area (Å²) < 4.78 is 31.6. The molecule has 0 spiro atoms. The molecule has 4 aromatic carbocycles. The molecule has 0 bridgehead atoms. The van der Waals surface area contributed by atoms with Gasteiger partial charge in [0.15, 0.2) is 17.7 Å². The van der Waals surface area contributed by atoms with Gasteiger partial charge in [-0.15, -0.1) is 0 Å². The molecule has 7 N–H and O–H groups in total. The zero-order valence-electron chi connectivity index (χ0n) is 41.1. The number of nitrogens with zero attached hydrogens (tertiary/aromatic N) is 1. The molecular weight excluding hydrogens is 905 g/mol. The lowest BCUT2D eigenvalue weighted by Gasteiger charge is -2.55. The molecule has 6 atom stereocenters. The summed E-state index contributed by atoms with van der Waals surface area (Å²) in [6.45, 7) is 3.96. The van der Waals surface area contributed by atoms with E-state index in [9.17, 15) is 30.0 Å². The van der Waals surface area contributed by atoms with Crippen LogP contribution >= 0.6 is 0 Å². The Morgan fingerprint density at radius 3 is 2.37 bits per heavy atom. The number of phenols is 1. The minimum Gasteiger partial charge on any atom is -0.502 e. The van der Waals surface area contributed by atoms with E-state index in [1.165, 1.54) is 19.3 Å². The Bertz CT molecular complexity index is 2650. The number of nitrogens with one attached hydrogen (secondary N) is 3. The Balaban J connectivity index is 0.974. The maximum Gasteiger partial charge on any atom is 0.254 e. The van der Waals surface area contributed by atoms with E-state index in [2.05, 4.69) is 28.1 Å². The van der Waals surface area contributed by atoms with Gasteiger partial charge < -0.3 is 54.7 Å². The van der Waals surface area contributed by atoms with Crippen LogP contribution in [-0.2, 0) is 27.8 Å². The monoisotopic (exact) mass is 972 g/mol. The van der Waals surface area contributed by atoms with Crippen molar-refractivity contribution in [2.75, 3.05) is 65.7 Å². The van der Waals surface area contributed by atoms with Gasteiger partial charge in [0.2, 0.25) is 5.75 Å². The highest BCUT2D eigenvalue weighted by Gasteiger charge is 2.55. The fourth-order valence-corrected chi connectivity index (χ4v) is 13.2. The molecule has 2 fully saturated rings. The maximum atomic E-state index is 13.4. The van der Waals surface area contributed by atoms with Gasteiger partial charge in [0, 0.05) is 82.6 Å². The smallest absolute Gasteiger partial charge is 0.254 e. The number of carbonyl (C=O) groups excluding carboxylic acids is 2. The third kappa shape index (κ3) is 8.56. The van der Waals surface area contributed by atoms with Crippen molar-refractivity contribution in [1.29, 1.82) is 0 Å². The molecule has 6 unspecified atom stereocenters. The summed E-state index contributed by atoms with van der Waals surface area (Å²) in [6.07, 6.45) is 9.38.